The fraction of sp³-hybridized carbons (Fsp3) is 0.344. The Bertz CT molecular complexity index is 1490. The number of carbonyl (C=O) groups excluding carboxylic acids is 1. The van der Waals surface area contributed by atoms with Crippen molar-refractivity contribution < 1.29 is 23.4 Å². The van der Waals surface area contributed by atoms with Gasteiger partial charge in [-0.3, -0.25) is 9.80 Å². The van der Waals surface area contributed by atoms with E-state index in [4.69, 9.17) is 25.8 Å². The molecule has 1 saturated heterocycles. The summed E-state index contributed by atoms with van der Waals surface area (Å²) in [6, 6.07) is 18.7. The highest BCUT2D eigenvalue weighted by atomic mass is 35.5. The Morgan fingerprint density at radius 1 is 0.976 bits per heavy atom. The van der Waals surface area contributed by atoms with Crippen LogP contribution in [0.2, 0.25) is 5.02 Å². The van der Waals surface area contributed by atoms with Crippen molar-refractivity contribution in [3.05, 3.63) is 94.4 Å². The first-order valence-corrected chi connectivity index (χ1v) is 14.5. The summed E-state index contributed by atoms with van der Waals surface area (Å²) in [5.41, 5.74) is 3.97. The Kier molecular flexibility index (Phi) is 8.41. The lowest BCUT2D eigenvalue weighted by Gasteiger charge is -2.35. The summed E-state index contributed by atoms with van der Waals surface area (Å²) in [7, 11) is 0. The van der Waals surface area contributed by atoms with Gasteiger partial charge in [0.05, 0.1) is 19.8 Å². The van der Waals surface area contributed by atoms with E-state index in [0.717, 1.165) is 79.2 Å². The predicted octanol–water partition coefficient (Wildman–Crippen LogP) is 6.60. The number of H-pyrrole nitrogens is 1. The Balaban J connectivity index is 1.19. The number of unbranched alkanes of at least 4 members (excludes halogenated alkanes) is 1. The number of benzene rings is 3. The molecule has 0 saturated carbocycles. The van der Waals surface area contributed by atoms with Crippen molar-refractivity contribution in [2.75, 3.05) is 46.0 Å². The maximum absolute atomic E-state index is 13.4. The normalized spacial score (nSPS) is 17.4. The molecule has 41 heavy (non-hydrogen) atoms. The zero-order valence-corrected chi connectivity index (χ0v) is 23.5. The van der Waals surface area contributed by atoms with Crippen molar-refractivity contribution in [1.29, 1.82) is 0 Å². The molecule has 3 heterocycles. The van der Waals surface area contributed by atoms with E-state index in [9.17, 15) is 9.18 Å². The number of nitrogens with zero attached hydrogens (tertiary/aromatic N) is 2. The summed E-state index contributed by atoms with van der Waals surface area (Å²) < 4.78 is 30.5. The molecule has 3 aromatic carbocycles. The van der Waals surface area contributed by atoms with Crippen LogP contribution in [0.25, 0.3) is 10.9 Å². The first kappa shape index (κ1) is 27.6. The van der Waals surface area contributed by atoms with Crippen LogP contribution < -0.4 is 9.47 Å². The number of morpholine rings is 1. The second kappa shape index (κ2) is 12.5. The maximum Gasteiger partial charge on any atom is 0.416 e. The molecule has 1 aromatic heterocycles. The smallest absolute Gasteiger partial charge is 0.416 e. The number of rotatable bonds is 8. The first-order valence-electron chi connectivity index (χ1n) is 14.1. The summed E-state index contributed by atoms with van der Waals surface area (Å²) in [6.07, 6.45) is 2.21. The third-order valence-electron chi connectivity index (χ3n) is 7.78. The molecule has 1 atom stereocenters. The first-order chi connectivity index (χ1) is 20.0. The van der Waals surface area contributed by atoms with E-state index in [2.05, 4.69) is 9.88 Å². The number of amides is 1. The number of ether oxygens (including phenoxy) is 3. The lowest BCUT2D eigenvalue weighted by Crippen LogP contribution is -2.42. The van der Waals surface area contributed by atoms with E-state index in [0.29, 0.717) is 30.3 Å². The molecule has 0 aliphatic carbocycles. The number of carbonyl (C=O) groups is 1. The summed E-state index contributed by atoms with van der Waals surface area (Å²) in [5, 5.41) is 1.72. The summed E-state index contributed by atoms with van der Waals surface area (Å²) in [5.74, 6) is 0.697. The van der Waals surface area contributed by atoms with Gasteiger partial charge in [0.1, 0.15) is 23.4 Å². The Morgan fingerprint density at radius 2 is 1.73 bits per heavy atom. The lowest BCUT2D eigenvalue weighted by atomic mass is 9.92. The molecule has 1 fully saturated rings. The van der Waals surface area contributed by atoms with E-state index in [1.54, 1.807) is 4.90 Å². The van der Waals surface area contributed by atoms with Gasteiger partial charge in [0.25, 0.3) is 0 Å². The fourth-order valence-corrected chi connectivity index (χ4v) is 5.84. The van der Waals surface area contributed by atoms with E-state index in [-0.39, 0.29) is 5.82 Å². The van der Waals surface area contributed by atoms with Gasteiger partial charge in [0.2, 0.25) is 0 Å². The Hall–Kier alpha value is -3.59. The summed E-state index contributed by atoms with van der Waals surface area (Å²) in [6.45, 7) is 5.81. The highest BCUT2D eigenvalue weighted by Gasteiger charge is 2.35. The second-order valence-corrected chi connectivity index (χ2v) is 10.9. The van der Waals surface area contributed by atoms with Crippen LogP contribution in [-0.4, -0.2) is 66.9 Å². The van der Waals surface area contributed by atoms with Gasteiger partial charge >= 0.3 is 6.09 Å². The summed E-state index contributed by atoms with van der Waals surface area (Å²) >= 11 is 6.32. The molecule has 7 nitrogen and oxygen atoms in total. The third-order valence-corrected chi connectivity index (χ3v) is 8.01. The standard InChI is InChI=1S/C32H33ClFN3O4/c33-23-5-12-29-28(21-23)27-13-15-37(32(38)41-26-10-6-24(34)7-11-26)31(30(27)35-29)22-3-8-25(9-4-22)40-18-2-1-14-36-16-19-39-20-17-36/h3-12,21,31,35H,1-2,13-20H2. The van der Waals surface area contributed by atoms with Crippen LogP contribution in [0.15, 0.2) is 66.7 Å². The third kappa shape index (κ3) is 6.35. The molecule has 1 amide bonds. The van der Waals surface area contributed by atoms with E-state index < -0.39 is 12.1 Å². The molecule has 1 unspecified atom stereocenters. The molecule has 2 aliphatic rings. The molecule has 0 bridgehead atoms. The van der Waals surface area contributed by atoms with Crippen LogP contribution in [-0.2, 0) is 11.2 Å². The van der Waals surface area contributed by atoms with Gasteiger partial charge in [-0.1, -0.05) is 23.7 Å². The summed E-state index contributed by atoms with van der Waals surface area (Å²) in [4.78, 5) is 21.1. The monoisotopic (exact) mass is 577 g/mol. The average molecular weight is 578 g/mol. The molecule has 1 N–H and O–H groups in total. The van der Waals surface area contributed by atoms with Gasteiger partial charge in [-0.15, -0.1) is 0 Å². The molecule has 2 aliphatic heterocycles. The predicted molar refractivity (Wildman–Crippen MR) is 156 cm³/mol. The lowest BCUT2D eigenvalue weighted by molar-refractivity contribution is 0.0368. The van der Waals surface area contributed by atoms with Gasteiger partial charge in [0.15, 0.2) is 0 Å². The largest absolute Gasteiger partial charge is 0.494 e. The molecule has 0 spiro atoms. The van der Waals surface area contributed by atoms with Crippen molar-refractivity contribution in [3.8, 4) is 11.5 Å². The van der Waals surface area contributed by atoms with Gasteiger partial charge in [-0.2, -0.15) is 0 Å². The minimum absolute atomic E-state index is 0.293. The number of nitrogens with one attached hydrogen (secondary N) is 1. The SMILES string of the molecule is O=C(Oc1ccc(F)cc1)N1CCc2c([nH]c3ccc(Cl)cc23)C1c1ccc(OCCCCN2CCOCC2)cc1. The molecule has 4 aromatic rings. The van der Waals surface area contributed by atoms with Crippen LogP contribution in [0.3, 0.4) is 0 Å². The number of aromatic nitrogens is 1. The Labute approximate surface area is 243 Å². The minimum atomic E-state index is -0.496. The molecule has 214 valence electrons. The highest BCUT2D eigenvalue weighted by Crippen LogP contribution is 2.40. The van der Waals surface area contributed by atoms with Gasteiger partial charge in [-0.25, -0.2) is 9.18 Å². The molecule has 9 heteroatoms. The van der Waals surface area contributed by atoms with Crippen molar-refractivity contribution in [2.24, 2.45) is 0 Å². The van der Waals surface area contributed by atoms with Crippen LogP contribution in [0.1, 0.15) is 35.7 Å². The molecular formula is C32H33ClFN3O4. The second-order valence-electron chi connectivity index (χ2n) is 10.5. The van der Waals surface area contributed by atoms with Gasteiger partial charge in [-0.05, 0) is 91.5 Å². The fourth-order valence-electron chi connectivity index (χ4n) is 5.66. The van der Waals surface area contributed by atoms with E-state index in [1.165, 1.54) is 24.3 Å². The van der Waals surface area contributed by atoms with Crippen molar-refractivity contribution in [1.82, 2.24) is 14.8 Å². The maximum atomic E-state index is 13.4. The molecule has 0 radical (unpaired) electrons. The van der Waals surface area contributed by atoms with Crippen LogP contribution >= 0.6 is 11.6 Å². The highest BCUT2D eigenvalue weighted by molar-refractivity contribution is 6.31. The van der Waals surface area contributed by atoms with E-state index >= 15 is 0 Å². The van der Waals surface area contributed by atoms with Gasteiger partial charge < -0.3 is 19.2 Å². The van der Waals surface area contributed by atoms with Crippen LogP contribution in [0, 0.1) is 5.82 Å². The van der Waals surface area contributed by atoms with Crippen LogP contribution in [0.5, 0.6) is 11.5 Å². The van der Waals surface area contributed by atoms with Crippen molar-refractivity contribution in [3.63, 3.8) is 0 Å². The quantitative estimate of drug-likeness (QED) is 0.239. The van der Waals surface area contributed by atoms with Crippen molar-refractivity contribution in [2.45, 2.75) is 25.3 Å². The number of hydrogen-bond acceptors (Lipinski definition) is 5. The van der Waals surface area contributed by atoms with E-state index in [1.807, 2.05) is 42.5 Å². The zero-order chi connectivity index (χ0) is 28.2. The molecule has 6 rings (SSSR count). The number of aromatic amines is 1. The topological polar surface area (TPSA) is 67.0 Å². The van der Waals surface area contributed by atoms with Crippen molar-refractivity contribution >= 4 is 28.6 Å². The average Bonchev–Trinajstić information content (AvgIpc) is 3.36. The van der Waals surface area contributed by atoms with Gasteiger partial charge in [0, 0.05) is 41.3 Å². The number of hydrogen-bond donors (Lipinski definition) is 1. The number of fused-ring (bicyclic) bond motifs is 3. The molecular weight excluding hydrogens is 545 g/mol. The Morgan fingerprint density at radius 3 is 2.51 bits per heavy atom. The number of halogens is 2. The zero-order valence-electron chi connectivity index (χ0n) is 22.8. The van der Waals surface area contributed by atoms with Crippen LogP contribution in [0.4, 0.5) is 9.18 Å². The minimum Gasteiger partial charge on any atom is -0.494 e.